The van der Waals surface area contributed by atoms with E-state index in [2.05, 4.69) is 34.7 Å². The van der Waals surface area contributed by atoms with E-state index in [1.807, 2.05) is 31.2 Å². The number of rotatable bonds is 7. The van der Waals surface area contributed by atoms with Gasteiger partial charge in [-0.05, 0) is 45.0 Å². The van der Waals surface area contributed by atoms with Crippen LogP contribution < -0.4 is 0 Å². The van der Waals surface area contributed by atoms with Crippen LogP contribution in [-0.2, 0) is 0 Å². The highest BCUT2D eigenvalue weighted by Crippen LogP contribution is 2.14. The zero-order chi connectivity index (χ0) is 13.5. The zero-order valence-electron chi connectivity index (χ0n) is 11.4. The van der Waals surface area contributed by atoms with Crippen molar-refractivity contribution in [1.29, 1.82) is 0 Å². The Bertz CT molecular complexity index is 369. The highest BCUT2D eigenvalue weighted by atomic mass is 79.9. The maximum Gasteiger partial charge on any atom is 0.179 e. The monoisotopic (exact) mass is 311 g/mol. The minimum atomic E-state index is -0.0360. The lowest BCUT2D eigenvalue weighted by Gasteiger charge is -2.27. The van der Waals surface area contributed by atoms with Crippen LogP contribution in [0.5, 0.6) is 0 Å². The highest BCUT2D eigenvalue weighted by molar-refractivity contribution is 9.10. The highest BCUT2D eigenvalue weighted by Gasteiger charge is 2.21. The maximum atomic E-state index is 12.4. The number of halogens is 1. The van der Waals surface area contributed by atoms with Gasteiger partial charge in [0, 0.05) is 10.0 Å². The number of carbonyl (C=O) groups is 1. The zero-order valence-corrected chi connectivity index (χ0v) is 13.0. The Morgan fingerprint density at radius 2 is 1.67 bits per heavy atom. The SMILES string of the molecule is CCCN(CCC)C(C)C(=O)c1ccc(Br)cc1. The van der Waals surface area contributed by atoms with Gasteiger partial charge in [-0.1, -0.05) is 41.9 Å². The maximum absolute atomic E-state index is 12.4. The number of Topliss-reactive ketones (excluding diaryl/α,β-unsaturated/α-hetero) is 1. The summed E-state index contributed by atoms with van der Waals surface area (Å²) in [6, 6.07) is 7.58. The van der Waals surface area contributed by atoms with Crippen LogP contribution in [0, 0.1) is 0 Å². The summed E-state index contributed by atoms with van der Waals surface area (Å²) in [6.45, 7) is 8.28. The molecule has 2 nitrogen and oxygen atoms in total. The third-order valence-electron chi connectivity index (χ3n) is 3.08. The van der Waals surface area contributed by atoms with Gasteiger partial charge in [-0.15, -0.1) is 0 Å². The molecule has 1 aromatic rings. The largest absolute Gasteiger partial charge is 0.294 e. The summed E-state index contributed by atoms with van der Waals surface area (Å²) in [5, 5.41) is 0. The van der Waals surface area contributed by atoms with Crippen molar-refractivity contribution in [1.82, 2.24) is 4.90 Å². The second-order valence-electron chi connectivity index (χ2n) is 4.58. The first kappa shape index (κ1) is 15.4. The van der Waals surface area contributed by atoms with Gasteiger partial charge in [0.2, 0.25) is 0 Å². The Morgan fingerprint density at radius 1 is 1.17 bits per heavy atom. The fraction of sp³-hybridized carbons (Fsp3) is 0.533. The summed E-state index contributed by atoms with van der Waals surface area (Å²) < 4.78 is 1.01. The Labute approximate surface area is 119 Å². The Kier molecular flexibility index (Phi) is 6.58. The Balaban J connectivity index is 2.77. The molecular formula is C15H22BrNO. The molecule has 0 saturated carbocycles. The van der Waals surface area contributed by atoms with Crippen molar-refractivity contribution in [2.45, 2.75) is 39.7 Å². The van der Waals surface area contributed by atoms with Crippen molar-refractivity contribution in [3.05, 3.63) is 34.3 Å². The Hall–Kier alpha value is -0.670. The fourth-order valence-electron chi connectivity index (χ4n) is 2.09. The molecule has 0 saturated heterocycles. The number of carbonyl (C=O) groups excluding carboxylic acids is 1. The molecule has 0 aliphatic carbocycles. The van der Waals surface area contributed by atoms with Crippen LogP contribution in [0.2, 0.25) is 0 Å². The van der Waals surface area contributed by atoms with Gasteiger partial charge in [-0.2, -0.15) is 0 Å². The molecule has 0 fully saturated rings. The average Bonchev–Trinajstić information content (AvgIpc) is 2.38. The molecule has 0 N–H and O–H groups in total. The Morgan fingerprint density at radius 3 is 2.11 bits per heavy atom. The third kappa shape index (κ3) is 4.21. The van der Waals surface area contributed by atoms with E-state index in [0.29, 0.717) is 0 Å². The fourth-order valence-corrected chi connectivity index (χ4v) is 2.36. The van der Waals surface area contributed by atoms with E-state index >= 15 is 0 Å². The molecule has 0 amide bonds. The molecule has 1 unspecified atom stereocenters. The van der Waals surface area contributed by atoms with Crippen molar-refractivity contribution < 1.29 is 4.79 Å². The van der Waals surface area contributed by atoms with Crippen LogP contribution in [0.25, 0.3) is 0 Å². The van der Waals surface area contributed by atoms with Gasteiger partial charge in [0.05, 0.1) is 6.04 Å². The minimum absolute atomic E-state index is 0.0360. The second kappa shape index (κ2) is 7.70. The van der Waals surface area contributed by atoms with Gasteiger partial charge in [0.15, 0.2) is 5.78 Å². The molecule has 1 atom stereocenters. The molecule has 0 aliphatic rings. The quantitative estimate of drug-likeness (QED) is 0.705. The molecule has 0 aliphatic heterocycles. The van der Waals surface area contributed by atoms with Crippen molar-refractivity contribution in [3.63, 3.8) is 0 Å². The standard InChI is InChI=1S/C15H22BrNO/c1-4-10-17(11-5-2)12(3)15(18)13-6-8-14(16)9-7-13/h6-9,12H,4-5,10-11H2,1-3H3. The predicted molar refractivity (Wildman–Crippen MR) is 80.1 cm³/mol. The summed E-state index contributed by atoms with van der Waals surface area (Å²) in [4.78, 5) is 14.7. The first-order valence-electron chi connectivity index (χ1n) is 6.64. The van der Waals surface area contributed by atoms with E-state index in [9.17, 15) is 4.79 Å². The van der Waals surface area contributed by atoms with Gasteiger partial charge in [0.1, 0.15) is 0 Å². The molecule has 0 heterocycles. The van der Waals surface area contributed by atoms with Crippen molar-refractivity contribution in [3.8, 4) is 0 Å². The van der Waals surface area contributed by atoms with Crippen molar-refractivity contribution >= 4 is 21.7 Å². The van der Waals surface area contributed by atoms with E-state index < -0.39 is 0 Å². The van der Waals surface area contributed by atoms with Gasteiger partial charge in [0.25, 0.3) is 0 Å². The number of hydrogen-bond donors (Lipinski definition) is 0. The van der Waals surface area contributed by atoms with Crippen LogP contribution in [0.15, 0.2) is 28.7 Å². The molecule has 100 valence electrons. The summed E-state index contributed by atoms with van der Waals surface area (Å²) in [7, 11) is 0. The van der Waals surface area contributed by atoms with Gasteiger partial charge in [-0.3, -0.25) is 9.69 Å². The van der Waals surface area contributed by atoms with Gasteiger partial charge >= 0.3 is 0 Å². The van der Waals surface area contributed by atoms with Crippen molar-refractivity contribution in [2.24, 2.45) is 0 Å². The summed E-state index contributed by atoms with van der Waals surface area (Å²) >= 11 is 3.39. The molecule has 0 bridgehead atoms. The lowest BCUT2D eigenvalue weighted by atomic mass is 10.0. The van der Waals surface area contributed by atoms with E-state index in [-0.39, 0.29) is 11.8 Å². The molecule has 0 radical (unpaired) electrons. The first-order chi connectivity index (χ1) is 8.60. The number of ketones is 1. The molecule has 1 aromatic carbocycles. The molecule has 0 aromatic heterocycles. The third-order valence-corrected chi connectivity index (χ3v) is 3.61. The molecule has 18 heavy (non-hydrogen) atoms. The van der Waals surface area contributed by atoms with Crippen LogP contribution in [0.3, 0.4) is 0 Å². The predicted octanol–water partition coefficient (Wildman–Crippen LogP) is 4.14. The van der Waals surface area contributed by atoms with Crippen LogP contribution in [-0.4, -0.2) is 29.8 Å². The van der Waals surface area contributed by atoms with E-state index in [4.69, 9.17) is 0 Å². The van der Waals surface area contributed by atoms with E-state index in [1.54, 1.807) is 0 Å². The second-order valence-corrected chi connectivity index (χ2v) is 5.50. The lowest BCUT2D eigenvalue weighted by molar-refractivity contribution is 0.0838. The van der Waals surface area contributed by atoms with Gasteiger partial charge < -0.3 is 0 Å². The molecule has 3 heteroatoms. The number of hydrogen-bond acceptors (Lipinski definition) is 2. The molecule has 0 spiro atoms. The van der Waals surface area contributed by atoms with Gasteiger partial charge in [-0.25, -0.2) is 0 Å². The minimum Gasteiger partial charge on any atom is -0.294 e. The summed E-state index contributed by atoms with van der Waals surface area (Å²) in [6.07, 6.45) is 2.16. The van der Waals surface area contributed by atoms with Crippen LogP contribution in [0.1, 0.15) is 44.0 Å². The average molecular weight is 312 g/mol. The number of nitrogens with zero attached hydrogens (tertiary/aromatic N) is 1. The summed E-state index contributed by atoms with van der Waals surface area (Å²) in [5.41, 5.74) is 0.794. The molecule has 1 rings (SSSR count). The summed E-state index contributed by atoms with van der Waals surface area (Å²) in [5.74, 6) is 0.212. The lowest BCUT2D eigenvalue weighted by Crippen LogP contribution is -2.40. The van der Waals surface area contributed by atoms with Crippen molar-refractivity contribution in [2.75, 3.05) is 13.1 Å². The van der Waals surface area contributed by atoms with E-state index in [0.717, 1.165) is 36.0 Å². The topological polar surface area (TPSA) is 20.3 Å². The van der Waals surface area contributed by atoms with Crippen LogP contribution in [0.4, 0.5) is 0 Å². The van der Waals surface area contributed by atoms with Crippen LogP contribution >= 0.6 is 15.9 Å². The smallest absolute Gasteiger partial charge is 0.179 e. The molecular weight excluding hydrogens is 290 g/mol. The van der Waals surface area contributed by atoms with E-state index in [1.165, 1.54) is 0 Å². The number of benzene rings is 1. The normalized spacial score (nSPS) is 12.7. The first-order valence-corrected chi connectivity index (χ1v) is 7.43.